The molecule has 1 atom stereocenters. The van der Waals surface area contributed by atoms with E-state index < -0.39 is 0 Å². The highest BCUT2D eigenvalue weighted by Crippen LogP contribution is 2.29. The SMILES string of the molecule is CCCCCn1c(=O)n(C(=O)N[C@H]2CCCc3ccccc32)c2ccccc21. The lowest BCUT2D eigenvalue weighted by molar-refractivity contribution is 0.237. The van der Waals surface area contributed by atoms with Gasteiger partial charge < -0.3 is 5.32 Å². The lowest BCUT2D eigenvalue weighted by Gasteiger charge is -2.26. The van der Waals surface area contributed by atoms with Crippen LogP contribution in [0.25, 0.3) is 11.0 Å². The molecule has 4 rings (SSSR count). The van der Waals surface area contributed by atoms with Crippen LogP contribution in [0, 0.1) is 0 Å². The van der Waals surface area contributed by atoms with Gasteiger partial charge in [-0.2, -0.15) is 0 Å². The van der Waals surface area contributed by atoms with E-state index in [1.165, 1.54) is 15.7 Å². The molecule has 1 aliphatic rings. The van der Waals surface area contributed by atoms with Gasteiger partial charge in [-0.1, -0.05) is 56.2 Å². The number of fused-ring (bicyclic) bond motifs is 2. The largest absolute Gasteiger partial charge is 0.337 e. The number of nitrogens with one attached hydrogen (secondary N) is 1. The van der Waals surface area contributed by atoms with Crippen LogP contribution in [0.3, 0.4) is 0 Å². The van der Waals surface area contributed by atoms with E-state index in [2.05, 4.69) is 24.4 Å². The summed E-state index contributed by atoms with van der Waals surface area (Å²) in [4.78, 5) is 26.2. The van der Waals surface area contributed by atoms with Crippen LogP contribution in [-0.2, 0) is 13.0 Å². The van der Waals surface area contributed by atoms with Gasteiger partial charge in [-0.3, -0.25) is 4.57 Å². The number of rotatable bonds is 5. The van der Waals surface area contributed by atoms with Crippen molar-refractivity contribution in [2.75, 3.05) is 0 Å². The second kappa shape index (κ2) is 8.05. The van der Waals surface area contributed by atoms with E-state index in [1.54, 1.807) is 4.57 Å². The third kappa shape index (κ3) is 3.37. The minimum Gasteiger partial charge on any atom is -0.330 e. The molecule has 146 valence electrons. The Hall–Kier alpha value is -2.82. The second-order valence-corrected chi connectivity index (χ2v) is 7.56. The molecule has 0 saturated heterocycles. The predicted molar refractivity (Wildman–Crippen MR) is 112 cm³/mol. The number of aromatic nitrogens is 2. The van der Waals surface area contributed by atoms with Crippen molar-refractivity contribution in [2.24, 2.45) is 0 Å². The Kier molecular flexibility index (Phi) is 5.33. The number of nitrogens with zero attached hydrogens (tertiary/aromatic N) is 2. The van der Waals surface area contributed by atoms with E-state index in [0.29, 0.717) is 12.1 Å². The number of unbranched alkanes of at least 4 members (excludes halogenated alkanes) is 2. The van der Waals surface area contributed by atoms with E-state index in [1.807, 2.05) is 36.4 Å². The molecule has 1 heterocycles. The Morgan fingerprint density at radius 2 is 1.82 bits per heavy atom. The smallest absolute Gasteiger partial charge is 0.330 e. The fourth-order valence-corrected chi connectivity index (χ4v) is 4.26. The Labute approximate surface area is 165 Å². The zero-order valence-corrected chi connectivity index (χ0v) is 16.4. The Morgan fingerprint density at radius 1 is 1.07 bits per heavy atom. The van der Waals surface area contributed by atoms with Crippen molar-refractivity contribution in [3.05, 3.63) is 70.1 Å². The number of aryl methyl sites for hydroxylation is 2. The summed E-state index contributed by atoms with van der Waals surface area (Å²) in [5.41, 5.74) is 3.70. The van der Waals surface area contributed by atoms with Crippen molar-refractivity contribution in [1.29, 1.82) is 0 Å². The van der Waals surface area contributed by atoms with Crippen molar-refractivity contribution in [3.8, 4) is 0 Å². The highest BCUT2D eigenvalue weighted by Gasteiger charge is 2.24. The van der Waals surface area contributed by atoms with E-state index >= 15 is 0 Å². The van der Waals surface area contributed by atoms with Crippen LogP contribution in [0.15, 0.2) is 53.3 Å². The molecule has 1 aromatic heterocycles. The fraction of sp³-hybridized carbons (Fsp3) is 0.391. The van der Waals surface area contributed by atoms with Gasteiger partial charge in [0.15, 0.2) is 0 Å². The Balaban J connectivity index is 1.67. The summed E-state index contributed by atoms with van der Waals surface area (Å²) >= 11 is 0. The molecule has 0 fully saturated rings. The third-order valence-electron chi connectivity index (χ3n) is 5.69. The molecule has 3 aromatic rings. The fourth-order valence-electron chi connectivity index (χ4n) is 4.26. The number of para-hydroxylation sites is 2. The van der Waals surface area contributed by atoms with E-state index in [9.17, 15) is 9.59 Å². The molecule has 28 heavy (non-hydrogen) atoms. The molecule has 5 nitrogen and oxygen atoms in total. The lowest BCUT2D eigenvalue weighted by Crippen LogP contribution is -2.39. The molecule has 0 aliphatic heterocycles. The second-order valence-electron chi connectivity index (χ2n) is 7.56. The predicted octanol–water partition coefficient (Wildman–Crippen LogP) is 4.63. The summed E-state index contributed by atoms with van der Waals surface area (Å²) in [6, 6.07) is 15.4. The number of benzene rings is 2. The highest BCUT2D eigenvalue weighted by molar-refractivity contribution is 5.89. The zero-order chi connectivity index (χ0) is 19.5. The molecule has 1 aliphatic carbocycles. The lowest BCUT2D eigenvalue weighted by atomic mass is 9.88. The minimum absolute atomic E-state index is 0.0495. The monoisotopic (exact) mass is 377 g/mol. The van der Waals surface area contributed by atoms with Gasteiger partial charge in [0.1, 0.15) is 0 Å². The quantitative estimate of drug-likeness (QED) is 0.659. The number of hydrogen-bond acceptors (Lipinski definition) is 2. The van der Waals surface area contributed by atoms with Crippen molar-refractivity contribution in [2.45, 2.75) is 58.0 Å². The van der Waals surface area contributed by atoms with E-state index in [4.69, 9.17) is 0 Å². The summed E-state index contributed by atoms with van der Waals surface area (Å²) in [7, 11) is 0. The summed E-state index contributed by atoms with van der Waals surface area (Å²) in [6.07, 6.45) is 6.06. The molecule has 5 heteroatoms. The first-order chi connectivity index (χ1) is 13.7. The van der Waals surface area contributed by atoms with Gasteiger partial charge in [0.2, 0.25) is 0 Å². The number of carbonyl (C=O) groups excluding carboxylic acids is 1. The number of amides is 1. The maximum Gasteiger partial charge on any atom is 0.337 e. The molecule has 0 saturated carbocycles. The normalized spacial score (nSPS) is 16.1. The van der Waals surface area contributed by atoms with E-state index in [-0.39, 0.29) is 17.8 Å². The molecule has 0 spiro atoms. The van der Waals surface area contributed by atoms with Crippen molar-refractivity contribution in [3.63, 3.8) is 0 Å². The van der Waals surface area contributed by atoms with Gasteiger partial charge >= 0.3 is 11.7 Å². The van der Waals surface area contributed by atoms with Crippen molar-refractivity contribution >= 4 is 17.1 Å². The summed E-state index contributed by atoms with van der Waals surface area (Å²) in [5, 5.41) is 3.12. The first kappa shape index (κ1) is 18.5. The van der Waals surface area contributed by atoms with Crippen molar-refractivity contribution < 1.29 is 4.79 Å². The molecule has 0 radical (unpaired) electrons. The van der Waals surface area contributed by atoms with Gasteiger partial charge in [0.05, 0.1) is 17.1 Å². The zero-order valence-electron chi connectivity index (χ0n) is 16.4. The van der Waals surface area contributed by atoms with Gasteiger partial charge in [-0.05, 0) is 48.9 Å². The Bertz CT molecular complexity index is 1050. The first-order valence-electron chi connectivity index (χ1n) is 10.3. The van der Waals surface area contributed by atoms with Gasteiger partial charge in [0.25, 0.3) is 0 Å². The third-order valence-corrected chi connectivity index (χ3v) is 5.69. The number of imidazole rings is 1. The number of hydrogen-bond donors (Lipinski definition) is 1. The minimum atomic E-state index is -0.336. The van der Waals surface area contributed by atoms with Gasteiger partial charge in [0, 0.05) is 6.54 Å². The summed E-state index contributed by atoms with van der Waals surface area (Å²) in [6.45, 7) is 2.78. The average molecular weight is 377 g/mol. The van der Waals surface area contributed by atoms with Gasteiger partial charge in [-0.25, -0.2) is 14.2 Å². The average Bonchev–Trinajstić information content (AvgIpc) is 3.00. The van der Waals surface area contributed by atoms with Crippen LogP contribution < -0.4 is 11.0 Å². The van der Waals surface area contributed by atoms with Crippen LogP contribution in [0.1, 0.15) is 56.2 Å². The number of carbonyl (C=O) groups is 1. The highest BCUT2D eigenvalue weighted by atomic mass is 16.2. The van der Waals surface area contributed by atoms with Gasteiger partial charge in [-0.15, -0.1) is 0 Å². The maximum absolute atomic E-state index is 13.1. The Morgan fingerprint density at radius 3 is 2.64 bits per heavy atom. The molecule has 1 amide bonds. The summed E-state index contributed by atoms with van der Waals surface area (Å²) in [5.74, 6) is 0. The van der Waals surface area contributed by atoms with Crippen LogP contribution in [-0.4, -0.2) is 15.2 Å². The van der Waals surface area contributed by atoms with Crippen LogP contribution in [0.5, 0.6) is 0 Å². The van der Waals surface area contributed by atoms with Crippen LogP contribution in [0.2, 0.25) is 0 Å². The van der Waals surface area contributed by atoms with E-state index in [0.717, 1.165) is 44.0 Å². The van der Waals surface area contributed by atoms with Crippen LogP contribution in [0.4, 0.5) is 4.79 Å². The van der Waals surface area contributed by atoms with Crippen LogP contribution >= 0.6 is 0 Å². The molecule has 0 unspecified atom stereocenters. The maximum atomic E-state index is 13.1. The molecular formula is C23H27N3O2. The standard InChI is InChI=1S/C23H27N3O2/c1-2-3-8-16-25-20-14-6-7-15-21(20)26(23(25)28)22(27)24-19-13-9-11-17-10-4-5-12-18(17)19/h4-7,10,12,14-15,19H,2-3,8-9,11,13,16H2,1H3,(H,24,27)/t19-/m0/s1. The molecule has 0 bridgehead atoms. The first-order valence-corrected chi connectivity index (χ1v) is 10.3. The molecule has 2 aromatic carbocycles. The topological polar surface area (TPSA) is 56.0 Å². The molecular weight excluding hydrogens is 350 g/mol. The summed E-state index contributed by atoms with van der Waals surface area (Å²) < 4.78 is 3.04. The molecule has 1 N–H and O–H groups in total. The van der Waals surface area contributed by atoms with Crippen molar-refractivity contribution in [1.82, 2.24) is 14.5 Å².